The maximum atomic E-state index is 13.0. The molecule has 2 atom stereocenters. The number of alkyl halides is 3. The average Bonchev–Trinajstić information content (AvgIpc) is 2.95. The third-order valence-electron chi connectivity index (χ3n) is 7.34. The van der Waals surface area contributed by atoms with Gasteiger partial charge in [0.1, 0.15) is 0 Å². The minimum Gasteiger partial charge on any atom is -0.361 e. The molecule has 212 valence electrons. The summed E-state index contributed by atoms with van der Waals surface area (Å²) in [6.07, 6.45) is -3.15. The maximum absolute atomic E-state index is 13.0. The second-order valence-electron chi connectivity index (χ2n) is 9.95. The Balaban J connectivity index is 1.43. The molecular formula is C30H31F3N2O4S. The first-order chi connectivity index (χ1) is 18.9. The molecule has 3 aromatic rings. The van der Waals surface area contributed by atoms with Gasteiger partial charge < -0.3 is 10.2 Å². The molecule has 1 fully saturated rings. The van der Waals surface area contributed by atoms with Crippen molar-refractivity contribution in [2.24, 2.45) is 0 Å². The van der Waals surface area contributed by atoms with E-state index in [0.29, 0.717) is 24.9 Å². The monoisotopic (exact) mass is 572 g/mol. The van der Waals surface area contributed by atoms with Crippen LogP contribution >= 0.6 is 0 Å². The Morgan fingerprint density at radius 3 is 2.10 bits per heavy atom. The van der Waals surface area contributed by atoms with Crippen molar-refractivity contribution < 1.29 is 31.2 Å². The summed E-state index contributed by atoms with van der Waals surface area (Å²) in [7, 11) is -3.29. The van der Waals surface area contributed by atoms with Gasteiger partial charge in [-0.25, -0.2) is 8.42 Å². The number of piperidine rings is 1. The molecule has 1 amide bonds. The van der Waals surface area contributed by atoms with Gasteiger partial charge in [0.05, 0.1) is 22.3 Å². The van der Waals surface area contributed by atoms with Gasteiger partial charge in [-0.05, 0) is 79.4 Å². The molecule has 1 aliphatic rings. The van der Waals surface area contributed by atoms with Crippen LogP contribution < -0.4 is 10.2 Å². The molecule has 4 rings (SSSR count). The largest absolute Gasteiger partial charge is 0.416 e. The Morgan fingerprint density at radius 1 is 0.925 bits per heavy atom. The van der Waals surface area contributed by atoms with Crippen LogP contribution in [0.5, 0.6) is 0 Å². The van der Waals surface area contributed by atoms with E-state index in [9.17, 15) is 31.2 Å². The summed E-state index contributed by atoms with van der Waals surface area (Å²) in [6, 6.07) is 18.1. The number of hydrogen-bond donors (Lipinski definition) is 1. The minimum absolute atomic E-state index is 0.00504. The fourth-order valence-corrected chi connectivity index (χ4v) is 5.85. The molecule has 10 heteroatoms. The molecule has 1 heterocycles. The molecule has 6 nitrogen and oxygen atoms in total. The maximum Gasteiger partial charge on any atom is 0.416 e. The summed E-state index contributed by atoms with van der Waals surface area (Å²) >= 11 is 0. The second-order valence-corrected chi connectivity index (χ2v) is 12.2. The van der Waals surface area contributed by atoms with Crippen LogP contribution in [0.1, 0.15) is 59.7 Å². The van der Waals surface area contributed by atoms with Crippen LogP contribution in [0, 0.1) is 0 Å². The lowest BCUT2D eigenvalue weighted by molar-refractivity contribution is -0.137. The number of rotatable bonds is 8. The van der Waals surface area contributed by atoms with Crippen molar-refractivity contribution in [3.8, 4) is 0 Å². The molecule has 0 aromatic heterocycles. The molecule has 0 bridgehead atoms. The van der Waals surface area contributed by atoms with Crippen LogP contribution in [0.4, 0.5) is 18.9 Å². The molecule has 1 saturated heterocycles. The predicted octanol–water partition coefficient (Wildman–Crippen LogP) is 5.77. The van der Waals surface area contributed by atoms with Crippen LogP contribution in [-0.4, -0.2) is 38.4 Å². The van der Waals surface area contributed by atoms with E-state index in [4.69, 9.17) is 0 Å². The van der Waals surface area contributed by atoms with Gasteiger partial charge >= 0.3 is 6.18 Å². The number of carbonyl (C=O) groups is 2. The third kappa shape index (κ3) is 6.72. The fraction of sp³-hybridized carbons (Fsp3) is 0.333. The van der Waals surface area contributed by atoms with Crippen molar-refractivity contribution in [1.82, 2.24) is 5.32 Å². The summed E-state index contributed by atoms with van der Waals surface area (Å²) in [5.41, 5.74) is 2.02. The van der Waals surface area contributed by atoms with Gasteiger partial charge in [0.15, 0.2) is 15.6 Å². The first kappa shape index (κ1) is 29.3. The third-order valence-corrected chi connectivity index (χ3v) is 9.09. The van der Waals surface area contributed by atoms with Gasteiger partial charge in [-0.3, -0.25) is 9.59 Å². The van der Waals surface area contributed by atoms with Crippen molar-refractivity contribution in [3.05, 3.63) is 95.1 Å². The lowest BCUT2D eigenvalue weighted by Crippen LogP contribution is -2.46. The Labute approximate surface area is 232 Å². The number of Topliss-reactive ketones (excluding diaryl/α,β-unsaturated/α-hetero) is 1. The predicted molar refractivity (Wildman–Crippen MR) is 147 cm³/mol. The molecular weight excluding hydrogens is 541 g/mol. The van der Waals surface area contributed by atoms with E-state index in [1.54, 1.807) is 43.3 Å². The van der Waals surface area contributed by atoms with Crippen LogP contribution in [0.25, 0.3) is 0 Å². The highest BCUT2D eigenvalue weighted by Crippen LogP contribution is 2.36. The molecule has 1 N–H and O–H groups in total. The van der Waals surface area contributed by atoms with Gasteiger partial charge in [-0.15, -0.1) is 0 Å². The lowest BCUT2D eigenvalue weighted by Gasteiger charge is -2.40. The molecule has 0 saturated carbocycles. The number of nitrogens with one attached hydrogen (secondary N) is 1. The second kappa shape index (κ2) is 11.8. The van der Waals surface area contributed by atoms with Gasteiger partial charge in [-0.1, -0.05) is 31.2 Å². The highest BCUT2D eigenvalue weighted by Gasteiger charge is 2.33. The number of nitrogens with zero attached hydrogens (tertiary/aromatic N) is 1. The summed E-state index contributed by atoms with van der Waals surface area (Å²) < 4.78 is 62.9. The number of carbonyl (C=O) groups excluding carboxylic acids is 2. The molecule has 0 aliphatic carbocycles. The van der Waals surface area contributed by atoms with Crippen LogP contribution in [0.3, 0.4) is 0 Å². The summed E-state index contributed by atoms with van der Waals surface area (Å²) in [5, 5.41) is 2.82. The van der Waals surface area contributed by atoms with Crippen LogP contribution in [0.2, 0.25) is 0 Å². The number of hydrogen-bond acceptors (Lipinski definition) is 5. The van der Waals surface area contributed by atoms with Crippen molar-refractivity contribution in [2.75, 3.05) is 17.2 Å². The molecule has 3 aromatic carbocycles. The van der Waals surface area contributed by atoms with Crippen molar-refractivity contribution in [1.29, 1.82) is 0 Å². The van der Waals surface area contributed by atoms with E-state index >= 15 is 0 Å². The van der Waals surface area contributed by atoms with E-state index in [-0.39, 0.29) is 40.8 Å². The van der Waals surface area contributed by atoms with Gasteiger partial charge in [0.2, 0.25) is 0 Å². The first-order valence-corrected chi connectivity index (χ1v) is 14.7. The van der Waals surface area contributed by atoms with E-state index < -0.39 is 21.6 Å². The zero-order valence-corrected chi connectivity index (χ0v) is 23.1. The lowest BCUT2D eigenvalue weighted by atomic mass is 9.85. The fourth-order valence-electron chi connectivity index (χ4n) is 4.97. The van der Waals surface area contributed by atoms with Crippen molar-refractivity contribution >= 4 is 27.2 Å². The topological polar surface area (TPSA) is 83.6 Å². The zero-order valence-electron chi connectivity index (χ0n) is 22.2. The first-order valence-electron chi connectivity index (χ1n) is 13.0. The highest BCUT2D eigenvalue weighted by molar-refractivity contribution is 7.91. The normalized spacial score (nSPS) is 17.9. The number of benzene rings is 3. The average molecular weight is 573 g/mol. The molecule has 0 spiro atoms. The molecule has 0 radical (unpaired) electrons. The summed E-state index contributed by atoms with van der Waals surface area (Å²) in [5.74, 6) is -0.328. The van der Waals surface area contributed by atoms with Crippen LogP contribution in [0.15, 0.2) is 77.7 Å². The van der Waals surface area contributed by atoms with Gasteiger partial charge in [0.25, 0.3) is 5.91 Å². The van der Waals surface area contributed by atoms with Crippen LogP contribution in [-0.2, 0) is 27.4 Å². The highest BCUT2D eigenvalue weighted by atomic mass is 32.2. The Morgan fingerprint density at radius 2 is 1.55 bits per heavy atom. The van der Waals surface area contributed by atoms with E-state index in [2.05, 4.69) is 5.32 Å². The number of ketones is 1. The standard InChI is InChI=1S/C30H31F3N2O4S/c1-3-40(38,39)27-15-4-21(5-16-27)18-34-29(37)23-8-13-26(14-9-23)35-19-24(10-17-28(35)20(2)36)22-6-11-25(12-7-22)30(31,32)33/h4-9,11-16,24,28H,3,10,17-19H2,1-2H3,(H,34,37)/t24?,28-/m0/s1. The van der Waals surface area contributed by atoms with Gasteiger partial charge in [-0.2, -0.15) is 13.2 Å². The molecule has 1 unspecified atom stereocenters. The summed E-state index contributed by atoms with van der Waals surface area (Å²) in [6.45, 7) is 3.80. The van der Waals surface area contributed by atoms with Crippen molar-refractivity contribution in [2.45, 2.75) is 56.3 Å². The van der Waals surface area contributed by atoms with E-state index in [1.807, 2.05) is 4.90 Å². The van der Waals surface area contributed by atoms with Crippen molar-refractivity contribution in [3.63, 3.8) is 0 Å². The Hall–Kier alpha value is -3.66. The van der Waals surface area contributed by atoms with Gasteiger partial charge in [0, 0.05) is 30.3 Å². The SMILES string of the molecule is CCS(=O)(=O)c1ccc(CNC(=O)c2ccc(N3CC(c4ccc(C(F)(F)F)cc4)CC[C@H]3C(C)=O)cc2)cc1. The molecule has 1 aliphatic heterocycles. The van der Waals surface area contributed by atoms with E-state index in [0.717, 1.165) is 28.9 Å². The zero-order chi connectivity index (χ0) is 29.1. The minimum atomic E-state index is -4.40. The smallest absolute Gasteiger partial charge is 0.361 e. The van der Waals surface area contributed by atoms with E-state index in [1.165, 1.54) is 31.2 Å². The molecule has 40 heavy (non-hydrogen) atoms. The quantitative estimate of drug-likeness (QED) is 0.371. The Bertz CT molecular complexity index is 1450. The number of halogens is 3. The number of amides is 1. The number of sulfone groups is 1. The Kier molecular flexibility index (Phi) is 8.68. The number of anilines is 1. The summed E-state index contributed by atoms with van der Waals surface area (Å²) in [4.78, 5) is 27.3.